The van der Waals surface area contributed by atoms with Crippen LogP contribution in [0.5, 0.6) is 5.75 Å². The average Bonchev–Trinajstić information content (AvgIpc) is 2.41. The highest BCUT2D eigenvalue weighted by Gasteiger charge is 2.52. The molecule has 4 fully saturated rings. The monoisotopic (exact) mass is 349 g/mol. The third kappa shape index (κ3) is 2.43. The van der Waals surface area contributed by atoms with E-state index < -0.39 is 0 Å². The number of aromatic hydroxyl groups is 1. The van der Waals surface area contributed by atoms with Crippen molar-refractivity contribution in [2.45, 2.75) is 50.6 Å². The molecule has 2 nitrogen and oxygen atoms in total. The maximum atomic E-state index is 10.1. The number of phenols is 1. The van der Waals surface area contributed by atoms with Crippen LogP contribution in [0.1, 0.15) is 44.1 Å². The van der Waals surface area contributed by atoms with Crippen molar-refractivity contribution in [3.63, 3.8) is 0 Å². The molecule has 4 aliphatic carbocycles. The first-order valence-corrected chi connectivity index (χ1v) is 9.02. The van der Waals surface area contributed by atoms with Crippen molar-refractivity contribution in [3.05, 3.63) is 28.2 Å². The van der Waals surface area contributed by atoms with E-state index in [1.54, 1.807) is 6.07 Å². The zero-order chi connectivity index (χ0) is 14.6. The number of nitrogens with zero attached hydrogens (tertiary/aromatic N) is 1. The maximum Gasteiger partial charge on any atom is 0.120 e. The van der Waals surface area contributed by atoms with Gasteiger partial charge < -0.3 is 5.11 Å². The first-order chi connectivity index (χ1) is 10.0. The van der Waals surface area contributed by atoms with Crippen LogP contribution in [0.3, 0.4) is 0 Å². The molecule has 3 heteroatoms. The molecule has 0 aromatic heterocycles. The summed E-state index contributed by atoms with van der Waals surface area (Å²) in [4.78, 5) is 2.55. The fraction of sp³-hybridized carbons (Fsp3) is 0.667. The fourth-order valence-electron chi connectivity index (χ4n) is 5.64. The van der Waals surface area contributed by atoms with Gasteiger partial charge in [-0.15, -0.1) is 0 Å². The molecule has 4 aliphatic rings. The molecule has 21 heavy (non-hydrogen) atoms. The summed E-state index contributed by atoms with van der Waals surface area (Å²) in [5.74, 6) is 3.33. The molecule has 4 bridgehead atoms. The zero-order valence-electron chi connectivity index (χ0n) is 12.7. The smallest absolute Gasteiger partial charge is 0.120 e. The third-order valence-electron chi connectivity index (χ3n) is 6.26. The lowest BCUT2D eigenvalue weighted by Gasteiger charge is -2.60. The van der Waals surface area contributed by atoms with Gasteiger partial charge in [0.15, 0.2) is 0 Å². The van der Waals surface area contributed by atoms with Crippen molar-refractivity contribution >= 4 is 15.9 Å². The molecule has 0 spiro atoms. The SMILES string of the molecule is CN(Cc1cc(Br)ccc1O)C12CC3CC(CC(C3)C1)C2. The van der Waals surface area contributed by atoms with Crippen molar-refractivity contribution in [1.29, 1.82) is 0 Å². The van der Waals surface area contributed by atoms with Gasteiger partial charge in [0.25, 0.3) is 0 Å². The second kappa shape index (κ2) is 4.99. The van der Waals surface area contributed by atoms with Crippen molar-refractivity contribution < 1.29 is 5.11 Å². The predicted molar refractivity (Wildman–Crippen MR) is 88.2 cm³/mol. The van der Waals surface area contributed by atoms with E-state index in [0.717, 1.165) is 34.3 Å². The molecule has 114 valence electrons. The highest BCUT2D eigenvalue weighted by Crippen LogP contribution is 2.57. The second-order valence-electron chi connectivity index (χ2n) is 7.77. The number of benzene rings is 1. The minimum Gasteiger partial charge on any atom is -0.508 e. The quantitative estimate of drug-likeness (QED) is 0.864. The Morgan fingerprint density at radius 1 is 1.14 bits per heavy atom. The van der Waals surface area contributed by atoms with Gasteiger partial charge >= 0.3 is 0 Å². The van der Waals surface area contributed by atoms with Gasteiger partial charge in [-0.25, -0.2) is 0 Å². The van der Waals surface area contributed by atoms with Gasteiger partial charge in [0.1, 0.15) is 5.75 Å². The molecule has 0 aliphatic heterocycles. The number of halogens is 1. The van der Waals surface area contributed by atoms with Gasteiger partial charge in [0.05, 0.1) is 0 Å². The van der Waals surface area contributed by atoms with Gasteiger partial charge in [0.2, 0.25) is 0 Å². The lowest BCUT2D eigenvalue weighted by atomic mass is 9.52. The molecule has 5 rings (SSSR count). The number of hydrogen-bond donors (Lipinski definition) is 1. The van der Waals surface area contributed by atoms with E-state index in [-0.39, 0.29) is 0 Å². The first-order valence-electron chi connectivity index (χ1n) is 8.23. The summed E-state index contributed by atoms with van der Waals surface area (Å²) < 4.78 is 1.05. The minimum absolute atomic E-state index is 0.406. The van der Waals surface area contributed by atoms with Crippen LogP contribution in [-0.4, -0.2) is 22.6 Å². The van der Waals surface area contributed by atoms with E-state index in [0.29, 0.717) is 11.3 Å². The summed E-state index contributed by atoms with van der Waals surface area (Å²) in [5, 5.41) is 10.1. The highest BCUT2D eigenvalue weighted by molar-refractivity contribution is 9.10. The predicted octanol–water partition coefficient (Wildman–Crippen LogP) is 4.56. The van der Waals surface area contributed by atoms with Gasteiger partial charge in [0, 0.05) is 22.1 Å². The lowest BCUT2D eigenvalue weighted by molar-refractivity contribution is -0.0823. The van der Waals surface area contributed by atoms with Crippen LogP contribution in [0.2, 0.25) is 0 Å². The second-order valence-corrected chi connectivity index (χ2v) is 8.69. The molecule has 0 unspecified atom stereocenters. The highest BCUT2D eigenvalue weighted by atomic mass is 79.9. The molecule has 1 N–H and O–H groups in total. The molecular weight excluding hydrogens is 326 g/mol. The average molecular weight is 350 g/mol. The summed E-state index contributed by atoms with van der Waals surface area (Å²) >= 11 is 3.52. The van der Waals surface area contributed by atoms with Gasteiger partial charge in [-0.2, -0.15) is 0 Å². The summed E-state index contributed by atoms with van der Waals surface area (Å²) in [6.45, 7) is 0.859. The topological polar surface area (TPSA) is 23.5 Å². The molecule has 0 saturated heterocycles. The molecule has 0 heterocycles. The van der Waals surface area contributed by atoms with Crippen LogP contribution in [0.15, 0.2) is 22.7 Å². The van der Waals surface area contributed by atoms with Crippen LogP contribution >= 0.6 is 15.9 Å². The molecule has 0 radical (unpaired) electrons. The van der Waals surface area contributed by atoms with Gasteiger partial charge in [-0.3, -0.25) is 4.90 Å². The van der Waals surface area contributed by atoms with Gasteiger partial charge in [-0.1, -0.05) is 15.9 Å². The normalized spacial score (nSPS) is 37.4. The Kier molecular flexibility index (Phi) is 3.34. The summed E-state index contributed by atoms with van der Waals surface area (Å²) in [6, 6.07) is 5.77. The van der Waals surface area contributed by atoms with E-state index in [4.69, 9.17) is 0 Å². The Labute approximate surface area is 135 Å². The summed E-state index contributed by atoms with van der Waals surface area (Å²) in [6.07, 6.45) is 8.58. The van der Waals surface area contributed by atoms with Crippen LogP contribution in [0.4, 0.5) is 0 Å². The van der Waals surface area contributed by atoms with E-state index in [1.807, 2.05) is 6.07 Å². The number of hydrogen-bond acceptors (Lipinski definition) is 2. The van der Waals surface area contributed by atoms with Gasteiger partial charge in [-0.05, 0) is 81.5 Å². The molecule has 1 aromatic carbocycles. The molecule has 4 saturated carbocycles. The van der Waals surface area contributed by atoms with E-state index in [9.17, 15) is 5.11 Å². The zero-order valence-corrected chi connectivity index (χ0v) is 14.3. The number of rotatable bonds is 3. The minimum atomic E-state index is 0.406. The molecular formula is C18H24BrNO. The molecule has 0 atom stereocenters. The summed E-state index contributed by atoms with van der Waals surface area (Å²) in [7, 11) is 2.27. The Hall–Kier alpha value is -0.540. The summed E-state index contributed by atoms with van der Waals surface area (Å²) in [5.41, 5.74) is 1.45. The Morgan fingerprint density at radius 3 is 2.29 bits per heavy atom. The van der Waals surface area contributed by atoms with E-state index in [2.05, 4.69) is 33.9 Å². The Balaban J connectivity index is 1.57. The van der Waals surface area contributed by atoms with Crippen molar-refractivity contribution in [1.82, 2.24) is 4.90 Å². The fourth-order valence-corrected chi connectivity index (χ4v) is 6.04. The Bertz CT molecular complexity index is 521. The third-order valence-corrected chi connectivity index (χ3v) is 6.76. The molecule has 0 amide bonds. The first kappa shape index (κ1) is 14.1. The lowest BCUT2D eigenvalue weighted by Crippen LogP contribution is -2.58. The van der Waals surface area contributed by atoms with Crippen LogP contribution in [-0.2, 0) is 6.54 Å². The largest absolute Gasteiger partial charge is 0.508 e. The number of phenolic OH excluding ortho intramolecular Hbond substituents is 1. The standard InChI is InChI=1S/C18H24BrNO/c1-20(11-15-7-16(19)2-3-17(15)21)18-8-12-4-13(9-18)6-14(5-12)10-18/h2-3,7,12-14,21H,4-6,8-11H2,1H3. The van der Waals surface area contributed by atoms with Crippen LogP contribution < -0.4 is 0 Å². The van der Waals surface area contributed by atoms with E-state index in [1.165, 1.54) is 38.5 Å². The maximum absolute atomic E-state index is 10.1. The Morgan fingerprint density at radius 2 is 1.71 bits per heavy atom. The van der Waals surface area contributed by atoms with Crippen molar-refractivity contribution in [3.8, 4) is 5.75 Å². The van der Waals surface area contributed by atoms with Crippen LogP contribution in [0, 0.1) is 17.8 Å². The van der Waals surface area contributed by atoms with Crippen LogP contribution in [0.25, 0.3) is 0 Å². The molecule has 1 aromatic rings. The van der Waals surface area contributed by atoms with Crippen molar-refractivity contribution in [2.75, 3.05) is 7.05 Å². The van der Waals surface area contributed by atoms with E-state index >= 15 is 0 Å². The van der Waals surface area contributed by atoms with Crippen molar-refractivity contribution in [2.24, 2.45) is 17.8 Å².